The van der Waals surface area contributed by atoms with E-state index in [2.05, 4.69) is 0 Å². The molecule has 0 aliphatic heterocycles. The van der Waals surface area contributed by atoms with Gasteiger partial charge in [0, 0.05) is 0 Å². The third-order valence-electron chi connectivity index (χ3n) is 1.65. The summed E-state index contributed by atoms with van der Waals surface area (Å²) in [5, 5.41) is 17.7. The van der Waals surface area contributed by atoms with Crippen LogP contribution in [0.2, 0.25) is 0 Å². The average molecular weight is 154 g/mol. The summed E-state index contributed by atoms with van der Waals surface area (Å²) in [5.41, 5.74) is 0.984. The van der Waals surface area contributed by atoms with E-state index < -0.39 is 12.1 Å². The van der Waals surface area contributed by atoms with Crippen LogP contribution in [0.25, 0.3) is 0 Å². The van der Waals surface area contributed by atoms with Crippen LogP contribution in [0.1, 0.15) is 13.3 Å². The predicted octanol–water partition coefficient (Wildman–Crippen LogP) is 0.708. The Morgan fingerprint density at radius 1 is 1.73 bits per heavy atom. The van der Waals surface area contributed by atoms with Crippen molar-refractivity contribution in [1.29, 1.82) is 0 Å². The number of carboxylic acid groups (broad SMARTS) is 1. The monoisotopic (exact) mass is 154 g/mol. The standard InChI is InChI=1S/C8H10O3/c1-5-2-3-7(9)6(4-5)8(10)11/h2,4,7,9H,3H2,1H3,(H,10,11). The van der Waals surface area contributed by atoms with Crippen LogP contribution in [0.4, 0.5) is 0 Å². The summed E-state index contributed by atoms with van der Waals surface area (Å²) < 4.78 is 0. The SMILES string of the molecule is CC1=CCC(O)C(C(=O)O)=C1. The normalized spacial score (nSPS) is 24.0. The van der Waals surface area contributed by atoms with E-state index in [4.69, 9.17) is 10.2 Å². The van der Waals surface area contributed by atoms with Crippen molar-refractivity contribution in [2.45, 2.75) is 19.4 Å². The van der Waals surface area contributed by atoms with E-state index in [0.717, 1.165) is 5.57 Å². The van der Waals surface area contributed by atoms with Crippen molar-refractivity contribution >= 4 is 5.97 Å². The maximum atomic E-state index is 10.5. The highest BCUT2D eigenvalue weighted by Gasteiger charge is 2.19. The Kier molecular flexibility index (Phi) is 2.10. The average Bonchev–Trinajstić information content (AvgIpc) is 1.94. The highest BCUT2D eigenvalue weighted by Crippen LogP contribution is 2.17. The Labute approximate surface area is 64.7 Å². The molecule has 3 nitrogen and oxygen atoms in total. The predicted molar refractivity (Wildman–Crippen MR) is 40.1 cm³/mol. The van der Waals surface area contributed by atoms with Gasteiger partial charge >= 0.3 is 5.97 Å². The van der Waals surface area contributed by atoms with Crippen LogP contribution >= 0.6 is 0 Å². The van der Waals surface area contributed by atoms with Crippen LogP contribution in [0.15, 0.2) is 23.3 Å². The van der Waals surface area contributed by atoms with Gasteiger partial charge in [0.25, 0.3) is 0 Å². The summed E-state index contributed by atoms with van der Waals surface area (Å²) in [7, 11) is 0. The van der Waals surface area contributed by atoms with Gasteiger partial charge in [0.1, 0.15) is 0 Å². The fourth-order valence-corrected chi connectivity index (χ4v) is 1.03. The summed E-state index contributed by atoms with van der Waals surface area (Å²) in [6, 6.07) is 0. The maximum absolute atomic E-state index is 10.5. The Balaban J connectivity index is 2.90. The van der Waals surface area contributed by atoms with E-state index in [-0.39, 0.29) is 5.57 Å². The third-order valence-corrected chi connectivity index (χ3v) is 1.65. The van der Waals surface area contributed by atoms with E-state index in [1.54, 1.807) is 0 Å². The zero-order chi connectivity index (χ0) is 8.43. The largest absolute Gasteiger partial charge is 0.478 e. The zero-order valence-electron chi connectivity index (χ0n) is 6.24. The number of aliphatic hydroxyl groups excluding tert-OH is 1. The van der Waals surface area contributed by atoms with E-state index in [9.17, 15) is 4.79 Å². The molecule has 0 saturated carbocycles. The van der Waals surface area contributed by atoms with E-state index in [1.165, 1.54) is 6.08 Å². The van der Waals surface area contributed by atoms with Gasteiger partial charge in [0.2, 0.25) is 0 Å². The molecule has 1 rings (SSSR count). The number of aliphatic carboxylic acids is 1. The molecule has 0 bridgehead atoms. The second-order valence-corrected chi connectivity index (χ2v) is 2.60. The van der Waals surface area contributed by atoms with E-state index >= 15 is 0 Å². The summed E-state index contributed by atoms with van der Waals surface area (Å²) >= 11 is 0. The molecule has 0 aromatic heterocycles. The van der Waals surface area contributed by atoms with Gasteiger partial charge in [-0.1, -0.05) is 11.6 Å². The molecule has 0 aromatic rings. The molecule has 2 N–H and O–H groups in total. The maximum Gasteiger partial charge on any atom is 0.334 e. The van der Waals surface area contributed by atoms with Crippen molar-refractivity contribution < 1.29 is 15.0 Å². The Morgan fingerprint density at radius 2 is 2.36 bits per heavy atom. The van der Waals surface area contributed by atoms with Gasteiger partial charge in [-0.3, -0.25) is 0 Å². The molecular formula is C8H10O3. The lowest BCUT2D eigenvalue weighted by atomic mass is 9.98. The zero-order valence-corrected chi connectivity index (χ0v) is 6.24. The molecule has 1 atom stereocenters. The Morgan fingerprint density at radius 3 is 2.82 bits per heavy atom. The fourth-order valence-electron chi connectivity index (χ4n) is 1.03. The molecule has 0 radical (unpaired) electrons. The Bertz CT molecular complexity index is 238. The number of hydrogen-bond donors (Lipinski definition) is 2. The second-order valence-electron chi connectivity index (χ2n) is 2.60. The van der Waals surface area contributed by atoms with Gasteiger partial charge < -0.3 is 10.2 Å². The van der Waals surface area contributed by atoms with Crippen molar-refractivity contribution in [1.82, 2.24) is 0 Å². The van der Waals surface area contributed by atoms with Crippen LogP contribution in [0.5, 0.6) is 0 Å². The quantitative estimate of drug-likeness (QED) is 0.584. The first-order chi connectivity index (χ1) is 5.11. The van der Waals surface area contributed by atoms with E-state index in [1.807, 2.05) is 13.0 Å². The number of carboxylic acids is 1. The molecule has 0 amide bonds. The van der Waals surface area contributed by atoms with Crippen LogP contribution in [0.3, 0.4) is 0 Å². The first-order valence-corrected chi connectivity index (χ1v) is 3.41. The minimum absolute atomic E-state index is 0.0880. The molecule has 1 unspecified atom stereocenters. The van der Waals surface area contributed by atoms with Crippen molar-refractivity contribution in [2.75, 3.05) is 0 Å². The molecule has 0 fully saturated rings. The van der Waals surface area contributed by atoms with Crippen LogP contribution < -0.4 is 0 Å². The van der Waals surface area contributed by atoms with Crippen LogP contribution in [0, 0.1) is 0 Å². The minimum Gasteiger partial charge on any atom is -0.478 e. The second kappa shape index (κ2) is 2.88. The summed E-state index contributed by atoms with van der Waals surface area (Å²) in [6.45, 7) is 1.81. The van der Waals surface area contributed by atoms with Crippen molar-refractivity contribution in [3.8, 4) is 0 Å². The molecule has 0 heterocycles. The summed E-state index contributed by atoms with van der Waals surface area (Å²) in [5.74, 6) is -1.04. The number of allylic oxidation sites excluding steroid dienone is 2. The van der Waals surface area contributed by atoms with Gasteiger partial charge in [-0.15, -0.1) is 0 Å². The van der Waals surface area contributed by atoms with E-state index in [0.29, 0.717) is 6.42 Å². The molecule has 3 heteroatoms. The highest BCUT2D eigenvalue weighted by atomic mass is 16.4. The summed E-state index contributed by atoms with van der Waals surface area (Å²) in [4.78, 5) is 10.5. The molecule has 60 valence electrons. The molecule has 1 aliphatic carbocycles. The van der Waals surface area contributed by atoms with Gasteiger partial charge in [-0.2, -0.15) is 0 Å². The van der Waals surface area contributed by atoms with Crippen molar-refractivity contribution in [3.05, 3.63) is 23.3 Å². The lowest BCUT2D eigenvalue weighted by Gasteiger charge is -2.13. The van der Waals surface area contributed by atoms with Gasteiger partial charge in [0.05, 0.1) is 11.7 Å². The highest BCUT2D eigenvalue weighted by molar-refractivity contribution is 5.88. The van der Waals surface area contributed by atoms with Gasteiger partial charge in [-0.25, -0.2) is 4.79 Å². The smallest absolute Gasteiger partial charge is 0.334 e. The molecule has 11 heavy (non-hydrogen) atoms. The number of hydrogen-bond acceptors (Lipinski definition) is 2. The molecular weight excluding hydrogens is 144 g/mol. The molecule has 0 aromatic carbocycles. The number of aliphatic hydroxyl groups is 1. The lowest BCUT2D eigenvalue weighted by Crippen LogP contribution is -2.19. The van der Waals surface area contributed by atoms with Gasteiger partial charge in [0.15, 0.2) is 0 Å². The first-order valence-electron chi connectivity index (χ1n) is 3.41. The summed E-state index contributed by atoms with van der Waals surface area (Å²) in [6.07, 6.45) is 2.88. The Hall–Kier alpha value is -1.09. The lowest BCUT2D eigenvalue weighted by molar-refractivity contribution is -0.133. The molecule has 1 aliphatic rings. The topological polar surface area (TPSA) is 57.5 Å². The van der Waals surface area contributed by atoms with Gasteiger partial charge in [-0.05, 0) is 19.4 Å². The van der Waals surface area contributed by atoms with Crippen molar-refractivity contribution in [2.24, 2.45) is 0 Å². The minimum atomic E-state index is -1.04. The first kappa shape index (κ1) is 8.01. The van der Waals surface area contributed by atoms with Crippen LogP contribution in [-0.2, 0) is 4.79 Å². The number of carbonyl (C=O) groups is 1. The number of rotatable bonds is 1. The molecule has 0 saturated heterocycles. The van der Waals surface area contributed by atoms with Crippen LogP contribution in [-0.4, -0.2) is 22.3 Å². The molecule has 0 spiro atoms. The van der Waals surface area contributed by atoms with Crippen molar-refractivity contribution in [3.63, 3.8) is 0 Å². The fraction of sp³-hybridized carbons (Fsp3) is 0.375. The third kappa shape index (κ3) is 1.68.